The number of thioether (sulfide) groups is 1. The molecule has 2 aromatic rings. The summed E-state index contributed by atoms with van der Waals surface area (Å²) in [6.45, 7) is 7.41. The van der Waals surface area contributed by atoms with Crippen LogP contribution in [0.4, 0.5) is 0 Å². The number of likely N-dealkylation sites (tertiary alicyclic amines) is 1. The molecule has 1 heterocycles. The van der Waals surface area contributed by atoms with Crippen molar-refractivity contribution in [1.82, 2.24) is 15.1 Å². The minimum atomic E-state index is -1.00. The molecule has 0 aliphatic carbocycles. The first-order chi connectivity index (χ1) is 16.2. The molecule has 6 nitrogen and oxygen atoms in total. The zero-order valence-corrected chi connectivity index (χ0v) is 21.7. The lowest BCUT2D eigenvalue weighted by molar-refractivity contribution is -0.130. The molecule has 7 heteroatoms. The molecule has 184 valence electrons. The molecule has 2 atom stereocenters. The average molecular weight is 484 g/mol. The van der Waals surface area contributed by atoms with Crippen LogP contribution in [0.1, 0.15) is 49.4 Å². The summed E-state index contributed by atoms with van der Waals surface area (Å²) in [5.74, 6) is -0.126. The number of hydrogen-bond acceptors (Lipinski definition) is 5. The van der Waals surface area contributed by atoms with Crippen molar-refractivity contribution < 1.29 is 14.7 Å². The number of aliphatic hydroxyl groups excluding tert-OH is 1. The van der Waals surface area contributed by atoms with Gasteiger partial charge in [-0.25, -0.2) is 0 Å². The number of aryl methyl sites for hydroxylation is 1. The first-order valence-electron chi connectivity index (χ1n) is 11.9. The van der Waals surface area contributed by atoms with Crippen molar-refractivity contribution in [3.05, 3.63) is 65.2 Å². The highest BCUT2D eigenvalue weighted by Gasteiger charge is 2.58. The van der Waals surface area contributed by atoms with Gasteiger partial charge >= 0.3 is 0 Å². The average Bonchev–Trinajstić information content (AvgIpc) is 3.11. The molecule has 0 unspecified atom stereocenters. The van der Waals surface area contributed by atoms with E-state index in [1.54, 1.807) is 0 Å². The lowest BCUT2D eigenvalue weighted by Gasteiger charge is -2.38. The van der Waals surface area contributed by atoms with Crippen LogP contribution in [-0.2, 0) is 16.2 Å². The first kappa shape index (κ1) is 26.3. The summed E-state index contributed by atoms with van der Waals surface area (Å²) < 4.78 is -1.00. The fraction of sp³-hybridized carbons (Fsp3) is 0.481. The van der Waals surface area contributed by atoms with E-state index in [2.05, 4.69) is 10.2 Å². The first-order valence-corrected chi connectivity index (χ1v) is 12.7. The molecule has 0 saturated carbocycles. The third-order valence-electron chi connectivity index (χ3n) is 6.23. The summed E-state index contributed by atoms with van der Waals surface area (Å²) >= 11 is 1.48. The van der Waals surface area contributed by atoms with Crippen LogP contribution in [0.3, 0.4) is 0 Å². The Morgan fingerprint density at radius 2 is 1.82 bits per heavy atom. The summed E-state index contributed by atoms with van der Waals surface area (Å²) in [7, 11) is 4.03. The van der Waals surface area contributed by atoms with Crippen molar-refractivity contribution in [2.45, 2.75) is 61.9 Å². The molecule has 34 heavy (non-hydrogen) atoms. The van der Waals surface area contributed by atoms with Crippen LogP contribution < -0.4 is 5.32 Å². The molecule has 3 rings (SSSR count). The number of carbonyl (C=O) groups is 2. The summed E-state index contributed by atoms with van der Waals surface area (Å²) in [4.78, 5) is 32.2. The predicted octanol–water partition coefficient (Wildman–Crippen LogP) is 3.77. The van der Waals surface area contributed by atoms with Crippen LogP contribution in [0.2, 0.25) is 0 Å². The summed E-state index contributed by atoms with van der Waals surface area (Å²) in [5.41, 5.74) is 2.85. The number of benzene rings is 2. The maximum absolute atomic E-state index is 13.9. The van der Waals surface area contributed by atoms with Crippen LogP contribution in [0.15, 0.2) is 53.4 Å². The fourth-order valence-corrected chi connectivity index (χ4v) is 5.92. The lowest BCUT2D eigenvalue weighted by Crippen LogP contribution is -2.49. The van der Waals surface area contributed by atoms with E-state index in [9.17, 15) is 14.7 Å². The van der Waals surface area contributed by atoms with Crippen molar-refractivity contribution in [3.63, 3.8) is 0 Å². The second kappa shape index (κ2) is 11.4. The van der Waals surface area contributed by atoms with Gasteiger partial charge in [-0.2, -0.15) is 0 Å². The van der Waals surface area contributed by atoms with Crippen molar-refractivity contribution in [2.24, 2.45) is 0 Å². The molecule has 0 aromatic heterocycles. The second-order valence-corrected chi connectivity index (χ2v) is 11.0. The predicted molar refractivity (Wildman–Crippen MR) is 138 cm³/mol. The Kier molecular flexibility index (Phi) is 8.79. The molecular weight excluding hydrogens is 446 g/mol. The Morgan fingerprint density at radius 3 is 2.38 bits per heavy atom. The van der Waals surface area contributed by atoms with E-state index in [-0.39, 0.29) is 30.9 Å². The molecule has 1 aliphatic heterocycles. The van der Waals surface area contributed by atoms with Crippen molar-refractivity contribution in [1.29, 1.82) is 0 Å². The molecule has 0 radical (unpaired) electrons. The Labute approximate surface area is 207 Å². The highest BCUT2D eigenvalue weighted by Crippen LogP contribution is 2.53. The van der Waals surface area contributed by atoms with E-state index in [4.69, 9.17) is 0 Å². The van der Waals surface area contributed by atoms with Gasteiger partial charge in [-0.3, -0.25) is 9.59 Å². The van der Waals surface area contributed by atoms with E-state index in [1.165, 1.54) is 11.8 Å². The largest absolute Gasteiger partial charge is 0.392 e. The Morgan fingerprint density at radius 1 is 1.18 bits per heavy atom. The molecule has 2 aromatic carbocycles. The van der Waals surface area contributed by atoms with Gasteiger partial charge in [0.1, 0.15) is 4.75 Å². The SMILES string of the molecule is Cc1ccc(S[C@]2(C(=O)NCCCN(C)C)CC(=O)N(C(C)C)[C@@H]2c2ccc(CO)cc2)cc1. The van der Waals surface area contributed by atoms with Gasteiger partial charge in [0.2, 0.25) is 11.8 Å². The minimum absolute atomic E-state index is 0.0192. The van der Waals surface area contributed by atoms with Crippen LogP contribution in [0.25, 0.3) is 0 Å². The molecule has 1 fully saturated rings. The number of carbonyl (C=O) groups excluding carboxylic acids is 2. The van der Waals surface area contributed by atoms with E-state index in [1.807, 2.05) is 88.3 Å². The smallest absolute Gasteiger partial charge is 0.239 e. The van der Waals surface area contributed by atoms with Crippen LogP contribution >= 0.6 is 11.8 Å². The fourth-order valence-electron chi connectivity index (χ4n) is 4.51. The third kappa shape index (κ3) is 5.82. The monoisotopic (exact) mass is 483 g/mol. The van der Waals surface area contributed by atoms with Gasteiger partial charge in [0.15, 0.2) is 0 Å². The van der Waals surface area contributed by atoms with Gasteiger partial charge < -0.3 is 20.2 Å². The highest BCUT2D eigenvalue weighted by molar-refractivity contribution is 8.01. The van der Waals surface area contributed by atoms with Gasteiger partial charge in [0.25, 0.3) is 0 Å². The maximum Gasteiger partial charge on any atom is 0.239 e. The van der Waals surface area contributed by atoms with Crippen LogP contribution in [0.5, 0.6) is 0 Å². The molecular formula is C27H37N3O3S. The van der Waals surface area contributed by atoms with E-state index >= 15 is 0 Å². The van der Waals surface area contributed by atoms with E-state index in [0.717, 1.165) is 34.6 Å². The van der Waals surface area contributed by atoms with Crippen LogP contribution in [-0.4, -0.2) is 64.7 Å². The third-order valence-corrected chi connectivity index (χ3v) is 7.65. The number of nitrogens with zero attached hydrogens (tertiary/aromatic N) is 2. The molecule has 0 spiro atoms. The quantitative estimate of drug-likeness (QED) is 0.504. The Hall–Kier alpha value is -2.35. The second-order valence-electron chi connectivity index (χ2n) is 9.59. The van der Waals surface area contributed by atoms with Crippen molar-refractivity contribution >= 4 is 23.6 Å². The minimum Gasteiger partial charge on any atom is -0.392 e. The van der Waals surface area contributed by atoms with E-state index < -0.39 is 10.8 Å². The molecule has 1 aliphatic rings. The summed E-state index contributed by atoms with van der Waals surface area (Å²) in [6.07, 6.45) is 0.970. The molecule has 2 N–H and O–H groups in total. The van der Waals surface area contributed by atoms with Crippen LogP contribution in [0, 0.1) is 6.92 Å². The number of amides is 2. The Bertz CT molecular complexity index is 976. The molecule has 0 bridgehead atoms. The number of hydrogen-bond donors (Lipinski definition) is 2. The van der Waals surface area contributed by atoms with Gasteiger partial charge in [-0.05, 0) is 71.1 Å². The Balaban J connectivity index is 2.05. The zero-order chi connectivity index (χ0) is 24.9. The number of aliphatic hydroxyl groups is 1. The number of nitrogens with one attached hydrogen (secondary N) is 1. The molecule has 2 amide bonds. The topological polar surface area (TPSA) is 72.9 Å². The maximum atomic E-state index is 13.9. The summed E-state index contributed by atoms with van der Waals surface area (Å²) in [6, 6.07) is 15.2. The molecule has 1 saturated heterocycles. The van der Waals surface area contributed by atoms with Crippen molar-refractivity contribution in [2.75, 3.05) is 27.2 Å². The van der Waals surface area contributed by atoms with Gasteiger partial charge in [0, 0.05) is 17.5 Å². The van der Waals surface area contributed by atoms with Gasteiger partial charge in [-0.1, -0.05) is 42.0 Å². The summed E-state index contributed by atoms with van der Waals surface area (Å²) in [5, 5.41) is 12.7. The lowest BCUT2D eigenvalue weighted by atomic mass is 9.90. The van der Waals surface area contributed by atoms with Gasteiger partial charge in [0.05, 0.1) is 19.1 Å². The van der Waals surface area contributed by atoms with Crippen molar-refractivity contribution in [3.8, 4) is 0 Å². The normalized spacial score (nSPS) is 20.4. The number of rotatable bonds is 10. The standard InChI is InChI=1S/C27H37N3O3S/c1-19(2)30-24(32)17-27(26(33)28-15-6-16-29(4)5,34-23-13-7-20(3)8-14-23)25(30)22-11-9-21(18-31)10-12-22/h7-14,19,25,31H,6,15-18H2,1-5H3,(H,28,33)/t25-,27-/m1/s1. The van der Waals surface area contributed by atoms with Gasteiger partial charge in [-0.15, -0.1) is 11.8 Å². The highest BCUT2D eigenvalue weighted by atomic mass is 32.2. The van der Waals surface area contributed by atoms with E-state index in [0.29, 0.717) is 6.54 Å². The zero-order valence-electron chi connectivity index (χ0n) is 20.9.